The minimum absolute atomic E-state index is 0.190. The van der Waals surface area contributed by atoms with Crippen LogP contribution in [0.3, 0.4) is 0 Å². The second-order valence-electron chi connectivity index (χ2n) is 3.96. The summed E-state index contributed by atoms with van der Waals surface area (Å²) in [6.07, 6.45) is 2.56. The van der Waals surface area contributed by atoms with Crippen molar-refractivity contribution in [2.45, 2.75) is 38.4 Å². The highest BCUT2D eigenvalue weighted by molar-refractivity contribution is 5.24. The van der Waals surface area contributed by atoms with Gasteiger partial charge < -0.3 is 4.52 Å². The Hall–Kier alpha value is -1.03. The van der Waals surface area contributed by atoms with Gasteiger partial charge in [0.15, 0.2) is 0 Å². The quantitative estimate of drug-likeness (QED) is 0.701. The zero-order valence-electron chi connectivity index (χ0n) is 7.54. The lowest BCUT2D eigenvalue weighted by Crippen LogP contribution is -2.23. The van der Waals surface area contributed by atoms with Gasteiger partial charge in [-0.05, 0) is 19.8 Å². The highest BCUT2D eigenvalue weighted by atomic mass is 16.5. The lowest BCUT2D eigenvalue weighted by molar-refractivity contribution is 0.203. The summed E-state index contributed by atoms with van der Waals surface area (Å²) in [7, 11) is 0. The summed E-state index contributed by atoms with van der Waals surface area (Å²) < 4.78 is 4.75. The normalized spacial score (nSPS) is 27.9. The van der Waals surface area contributed by atoms with Gasteiger partial charge in [-0.3, -0.25) is 4.90 Å². The second-order valence-corrected chi connectivity index (χ2v) is 3.96. The fourth-order valence-corrected chi connectivity index (χ4v) is 2.16. The molecule has 1 N–H and O–H groups in total. The van der Waals surface area contributed by atoms with Gasteiger partial charge in [0, 0.05) is 12.6 Å². The van der Waals surface area contributed by atoms with Crippen molar-refractivity contribution in [3.8, 4) is 0 Å². The molecule has 1 aromatic rings. The van der Waals surface area contributed by atoms with Crippen LogP contribution in [0.4, 0.5) is 0 Å². The molecule has 1 aromatic heterocycles. The second kappa shape index (κ2) is 2.26. The molecular weight excluding hydrogens is 168 g/mol. The molecule has 0 radical (unpaired) electrons. The third-order valence-corrected chi connectivity index (χ3v) is 3.10. The van der Waals surface area contributed by atoms with Crippen LogP contribution in [0.5, 0.6) is 0 Å². The van der Waals surface area contributed by atoms with Crippen molar-refractivity contribution >= 4 is 0 Å². The van der Waals surface area contributed by atoms with Gasteiger partial charge in [-0.15, -0.1) is 0 Å². The van der Waals surface area contributed by atoms with Crippen molar-refractivity contribution < 1.29 is 4.52 Å². The van der Waals surface area contributed by atoms with Crippen LogP contribution in [0.25, 0.3) is 0 Å². The molecule has 4 heteroatoms. The van der Waals surface area contributed by atoms with E-state index in [1.54, 1.807) is 0 Å². The highest BCUT2D eigenvalue weighted by Crippen LogP contribution is 2.39. The summed E-state index contributed by atoms with van der Waals surface area (Å²) in [5.74, 6) is 0. The fourth-order valence-electron chi connectivity index (χ4n) is 2.16. The SMILES string of the molecule is CC1c2[nH]oc(=O)c2CN1C1CC1. The topological polar surface area (TPSA) is 49.2 Å². The van der Waals surface area contributed by atoms with Gasteiger partial charge in [-0.1, -0.05) is 0 Å². The van der Waals surface area contributed by atoms with E-state index in [1.165, 1.54) is 12.8 Å². The Kier molecular flexibility index (Phi) is 1.28. The molecule has 13 heavy (non-hydrogen) atoms. The van der Waals surface area contributed by atoms with Gasteiger partial charge >= 0.3 is 5.63 Å². The number of nitrogens with one attached hydrogen (secondary N) is 1. The molecule has 4 nitrogen and oxygen atoms in total. The molecule has 0 saturated heterocycles. The van der Waals surface area contributed by atoms with E-state index in [-0.39, 0.29) is 5.63 Å². The van der Waals surface area contributed by atoms with E-state index < -0.39 is 0 Å². The van der Waals surface area contributed by atoms with Gasteiger partial charge in [-0.2, -0.15) is 0 Å². The largest absolute Gasteiger partial charge is 0.362 e. The summed E-state index contributed by atoms with van der Waals surface area (Å²) in [6, 6.07) is 1.03. The standard InChI is InChI=1S/C9H12N2O2/c1-5-8-7(9(12)13-10-8)4-11(5)6-2-3-6/h5-6,10H,2-4H2,1H3. The van der Waals surface area contributed by atoms with E-state index in [9.17, 15) is 4.79 Å². The fraction of sp³-hybridized carbons (Fsp3) is 0.667. The Bertz CT molecular complexity index is 389. The zero-order chi connectivity index (χ0) is 9.00. The highest BCUT2D eigenvalue weighted by Gasteiger charge is 2.40. The summed E-state index contributed by atoms with van der Waals surface area (Å²) in [5, 5.41) is 2.72. The Morgan fingerprint density at radius 3 is 2.92 bits per heavy atom. The molecule has 1 aliphatic carbocycles. The van der Waals surface area contributed by atoms with E-state index in [1.807, 2.05) is 0 Å². The number of fused-ring (bicyclic) bond motifs is 1. The molecule has 1 saturated carbocycles. The molecular formula is C9H12N2O2. The number of aromatic nitrogens is 1. The molecule has 70 valence electrons. The number of nitrogens with zero attached hydrogens (tertiary/aromatic N) is 1. The minimum atomic E-state index is -0.190. The van der Waals surface area contributed by atoms with Crippen LogP contribution < -0.4 is 5.63 Å². The first kappa shape index (κ1) is 7.38. The summed E-state index contributed by atoms with van der Waals surface area (Å²) in [5.41, 5.74) is 1.63. The number of H-pyrrole nitrogens is 1. The zero-order valence-corrected chi connectivity index (χ0v) is 7.54. The molecule has 2 aliphatic rings. The molecule has 1 aliphatic heterocycles. The number of hydrogen-bond acceptors (Lipinski definition) is 3. The van der Waals surface area contributed by atoms with Crippen LogP contribution in [-0.4, -0.2) is 16.1 Å². The van der Waals surface area contributed by atoms with Crippen molar-refractivity contribution in [3.05, 3.63) is 21.7 Å². The van der Waals surface area contributed by atoms with E-state index in [0.29, 0.717) is 12.1 Å². The average Bonchev–Trinajstić information content (AvgIpc) is 2.81. The first-order valence-electron chi connectivity index (χ1n) is 4.73. The van der Waals surface area contributed by atoms with Crippen LogP contribution in [0, 0.1) is 0 Å². The third kappa shape index (κ3) is 0.920. The van der Waals surface area contributed by atoms with E-state index in [0.717, 1.165) is 17.8 Å². The van der Waals surface area contributed by atoms with Crippen molar-refractivity contribution in [3.63, 3.8) is 0 Å². The molecule has 3 rings (SSSR count). The first-order chi connectivity index (χ1) is 6.27. The Labute approximate surface area is 75.5 Å². The van der Waals surface area contributed by atoms with Crippen LogP contribution in [-0.2, 0) is 6.54 Å². The monoisotopic (exact) mass is 180 g/mol. The maximum absolute atomic E-state index is 11.2. The van der Waals surface area contributed by atoms with Crippen molar-refractivity contribution in [1.29, 1.82) is 0 Å². The summed E-state index contributed by atoms with van der Waals surface area (Å²) in [4.78, 5) is 13.6. The Balaban J connectivity index is 2.01. The molecule has 2 heterocycles. The third-order valence-electron chi connectivity index (χ3n) is 3.10. The van der Waals surface area contributed by atoms with Crippen molar-refractivity contribution in [2.75, 3.05) is 0 Å². The maximum Gasteiger partial charge on any atom is 0.362 e. The van der Waals surface area contributed by atoms with E-state index in [2.05, 4.69) is 17.0 Å². The molecule has 1 fully saturated rings. The summed E-state index contributed by atoms with van der Waals surface area (Å²) in [6.45, 7) is 2.89. The molecule has 0 bridgehead atoms. The number of rotatable bonds is 1. The predicted molar refractivity (Wildman–Crippen MR) is 46.3 cm³/mol. The van der Waals surface area contributed by atoms with Crippen LogP contribution in [0.2, 0.25) is 0 Å². The Morgan fingerprint density at radius 2 is 2.31 bits per heavy atom. The predicted octanol–water partition coefficient (Wildman–Crippen LogP) is 1.01. The number of hydrogen-bond donors (Lipinski definition) is 1. The molecule has 1 unspecified atom stereocenters. The molecule has 0 aromatic carbocycles. The molecule has 0 spiro atoms. The van der Waals surface area contributed by atoms with Crippen molar-refractivity contribution in [1.82, 2.24) is 10.1 Å². The molecule has 1 atom stereocenters. The average molecular weight is 180 g/mol. The van der Waals surface area contributed by atoms with Gasteiger partial charge in [0.25, 0.3) is 0 Å². The van der Waals surface area contributed by atoms with E-state index in [4.69, 9.17) is 4.52 Å². The van der Waals surface area contributed by atoms with Gasteiger partial charge in [0.05, 0.1) is 17.3 Å². The first-order valence-corrected chi connectivity index (χ1v) is 4.73. The van der Waals surface area contributed by atoms with Crippen LogP contribution in [0.15, 0.2) is 9.32 Å². The minimum Gasteiger partial charge on any atom is -0.338 e. The lowest BCUT2D eigenvalue weighted by atomic mass is 10.2. The van der Waals surface area contributed by atoms with Crippen LogP contribution >= 0.6 is 0 Å². The smallest absolute Gasteiger partial charge is 0.338 e. The molecule has 0 amide bonds. The van der Waals surface area contributed by atoms with Gasteiger partial charge in [0.2, 0.25) is 0 Å². The van der Waals surface area contributed by atoms with E-state index >= 15 is 0 Å². The van der Waals surface area contributed by atoms with Gasteiger partial charge in [0.1, 0.15) is 0 Å². The maximum atomic E-state index is 11.2. The summed E-state index contributed by atoms with van der Waals surface area (Å²) >= 11 is 0. The van der Waals surface area contributed by atoms with Gasteiger partial charge in [-0.25, -0.2) is 9.95 Å². The van der Waals surface area contributed by atoms with Crippen LogP contribution in [0.1, 0.15) is 37.1 Å². The lowest BCUT2D eigenvalue weighted by Gasteiger charge is -2.19. The Morgan fingerprint density at radius 1 is 1.54 bits per heavy atom. The van der Waals surface area contributed by atoms with Crippen molar-refractivity contribution in [2.24, 2.45) is 0 Å². The number of aromatic amines is 1.